The highest BCUT2D eigenvalue weighted by atomic mass is 19.4. The lowest BCUT2D eigenvalue weighted by Gasteiger charge is -2.21. The minimum absolute atomic E-state index is 0.0566. The molecule has 0 aliphatic heterocycles. The molecule has 1 aromatic rings. The summed E-state index contributed by atoms with van der Waals surface area (Å²) in [6.07, 6.45) is -3.39. The van der Waals surface area contributed by atoms with Gasteiger partial charge in [-0.05, 0) is 32.0 Å². The van der Waals surface area contributed by atoms with Crippen LogP contribution >= 0.6 is 0 Å². The Labute approximate surface area is 106 Å². The Kier molecular flexibility index (Phi) is 5.14. The van der Waals surface area contributed by atoms with Crippen LogP contribution in [-0.4, -0.2) is 17.6 Å². The summed E-state index contributed by atoms with van der Waals surface area (Å²) in [5, 5.41) is 3.27. The van der Waals surface area contributed by atoms with Crippen LogP contribution in [0.2, 0.25) is 0 Å². The van der Waals surface area contributed by atoms with E-state index in [4.69, 9.17) is 0 Å². The fourth-order valence-electron chi connectivity index (χ4n) is 1.67. The second-order valence-corrected chi connectivity index (χ2v) is 4.48. The first-order valence-electron chi connectivity index (χ1n) is 6.13. The molecule has 0 radical (unpaired) electrons. The molecule has 1 N–H and O–H groups in total. The van der Waals surface area contributed by atoms with Crippen molar-refractivity contribution in [2.45, 2.75) is 45.3 Å². The van der Waals surface area contributed by atoms with Crippen LogP contribution in [0.3, 0.4) is 0 Å². The molecule has 1 rings (SSSR count). The average Bonchev–Trinajstić information content (AvgIpc) is 2.34. The Morgan fingerprint density at radius 1 is 1.28 bits per heavy atom. The largest absolute Gasteiger partial charge is 0.433 e. The summed E-state index contributed by atoms with van der Waals surface area (Å²) in [5.41, 5.74) is -0.351. The number of hydrogen-bond donors (Lipinski definition) is 1. The van der Waals surface area contributed by atoms with Crippen molar-refractivity contribution in [3.05, 3.63) is 29.6 Å². The number of aromatic nitrogens is 1. The molecule has 0 aliphatic carbocycles. The number of rotatable bonds is 5. The Morgan fingerprint density at radius 2 is 1.94 bits per heavy atom. The van der Waals surface area contributed by atoms with Gasteiger partial charge in [0.2, 0.25) is 0 Å². The minimum Gasteiger partial charge on any atom is -0.314 e. The number of hydrogen-bond acceptors (Lipinski definition) is 2. The molecular weight excluding hydrogens is 241 g/mol. The minimum atomic E-state index is -4.38. The van der Waals surface area contributed by atoms with Crippen molar-refractivity contribution in [3.8, 4) is 0 Å². The van der Waals surface area contributed by atoms with Gasteiger partial charge in [-0.1, -0.05) is 19.9 Å². The fraction of sp³-hybridized carbons (Fsp3) is 0.615. The molecule has 0 bridgehead atoms. The molecule has 102 valence electrons. The first kappa shape index (κ1) is 15.0. The third-order valence-corrected chi connectivity index (χ3v) is 2.99. The summed E-state index contributed by atoms with van der Waals surface area (Å²) < 4.78 is 37.7. The predicted octanol–water partition coefficient (Wildman–Crippen LogP) is 3.59. The molecule has 5 heteroatoms. The van der Waals surface area contributed by atoms with Crippen molar-refractivity contribution >= 4 is 0 Å². The van der Waals surface area contributed by atoms with Gasteiger partial charge in [0.15, 0.2) is 0 Å². The summed E-state index contributed by atoms with van der Waals surface area (Å²) in [6.45, 7) is 6.75. The molecule has 2 unspecified atom stereocenters. The maximum atomic E-state index is 12.6. The lowest BCUT2D eigenvalue weighted by molar-refractivity contribution is -0.141. The Bertz CT molecular complexity index is 377. The van der Waals surface area contributed by atoms with Crippen molar-refractivity contribution in [2.75, 3.05) is 6.54 Å². The molecule has 0 fully saturated rings. The first-order valence-corrected chi connectivity index (χ1v) is 6.13. The van der Waals surface area contributed by atoms with Crippen LogP contribution in [0.4, 0.5) is 13.2 Å². The van der Waals surface area contributed by atoms with Gasteiger partial charge in [0, 0.05) is 17.7 Å². The number of halogens is 3. The predicted molar refractivity (Wildman–Crippen MR) is 65.4 cm³/mol. The van der Waals surface area contributed by atoms with Crippen molar-refractivity contribution < 1.29 is 13.2 Å². The SMILES string of the molecule is CCCNC(C)C(C)c1cccc(C(F)(F)F)n1. The van der Waals surface area contributed by atoms with E-state index in [1.54, 1.807) is 6.07 Å². The summed E-state index contributed by atoms with van der Waals surface area (Å²) in [7, 11) is 0. The van der Waals surface area contributed by atoms with Crippen molar-refractivity contribution in [2.24, 2.45) is 0 Å². The second kappa shape index (κ2) is 6.18. The number of nitrogens with one attached hydrogen (secondary N) is 1. The standard InChI is InChI=1S/C13H19F3N2/c1-4-8-17-10(3)9(2)11-6-5-7-12(18-11)13(14,15)16/h5-7,9-10,17H,4,8H2,1-3H3. The van der Waals surface area contributed by atoms with E-state index in [0.717, 1.165) is 19.0 Å². The van der Waals surface area contributed by atoms with Crippen LogP contribution < -0.4 is 5.32 Å². The average molecular weight is 260 g/mol. The highest BCUT2D eigenvalue weighted by molar-refractivity contribution is 5.17. The van der Waals surface area contributed by atoms with Gasteiger partial charge in [0.05, 0.1) is 0 Å². The van der Waals surface area contributed by atoms with Gasteiger partial charge in [0.25, 0.3) is 0 Å². The van der Waals surface area contributed by atoms with Crippen LogP contribution in [0.15, 0.2) is 18.2 Å². The van der Waals surface area contributed by atoms with Crippen molar-refractivity contribution in [1.82, 2.24) is 10.3 Å². The highest BCUT2D eigenvalue weighted by Gasteiger charge is 2.33. The summed E-state index contributed by atoms with van der Waals surface area (Å²) in [4.78, 5) is 3.71. The third-order valence-electron chi connectivity index (χ3n) is 2.99. The van der Waals surface area contributed by atoms with Crippen molar-refractivity contribution in [3.63, 3.8) is 0 Å². The first-order chi connectivity index (χ1) is 8.36. The van der Waals surface area contributed by atoms with Gasteiger partial charge in [-0.2, -0.15) is 13.2 Å². The fourth-order valence-corrected chi connectivity index (χ4v) is 1.67. The third kappa shape index (κ3) is 3.98. The molecule has 1 heterocycles. The van der Waals surface area contributed by atoms with E-state index in [1.807, 2.05) is 20.8 Å². The van der Waals surface area contributed by atoms with Gasteiger partial charge in [-0.15, -0.1) is 0 Å². The lowest BCUT2D eigenvalue weighted by atomic mass is 9.98. The highest BCUT2D eigenvalue weighted by Crippen LogP contribution is 2.29. The van der Waals surface area contributed by atoms with Gasteiger partial charge in [-0.3, -0.25) is 0 Å². The molecular formula is C13H19F3N2. The molecule has 0 spiro atoms. The summed E-state index contributed by atoms with van der Waals surface area (Å²) >= 11 is 0. The van der Waals surface area contributed by atoms with Crippen LogP contribution in [0.5, 0.6) is 0 Å². The zero-order valence-electron chi connectivity index (χ0n) is 10.9. The second-order valence-electron chi connectivity index (χ2n) is 4.48. The zero-order chi connectivity index (χ0) is 13.8. The molecule has 0 amide bonds. The van der Waals surface area contributed by atoms with E-state index in [2.05, 4.69) is 10.3 Å². The molecule has 0 saturated carbocycles. The van der Waals surface area contributed by atoms with Gasteiger partial charge < -0.3 is 5.32 Å². The van der Waals surface area contributed by atoms with E-state index in [9.17, 15) is 13.2 Å². The topological polar surface area (TPSA) is 24.9 Å². The normalized spacial score (nSPS) is 15.4. The summed E-state index contributed by atoms with van der Waals surface area (Å²) in [5.74, 6) is -0.0566. The Hall–Kier alpha value is -1.10. The molecule has 2 nitrogen and oxygen atoms in total. The van der Waals surface area contributed by atoms with Crippen molar-refractivity contribution in [1.29, 1.82) is 0 Å². The number of alkyl halides is 3. The Morgan fingerprint density at radius 3 is 2.50 bits per heavy atom. The van der Waals surface area contributed by atoms with E-state index >= 15 is 0 Å². The van der Waals surface area contributed by atoms with E-state index in [-0.39, 0.29) is 12.0 Å². The van der Waals surface area contributed by atoms with Gasteiger partial charge in [-0.25, -0.2) is 4.98 Å². The maximum Gasteiger partial charge on any atom is 0.433 e. The molecule has 0 aliphatic rings. The van der Waals surface area contributed by atoms with E-state index < -0.39 is 11.9 Å². The lowest BCUT2D eigenvalue weighted by Crippen LogP contribution is -2.32. The Balaban J connectivity index is 2.83. The van der Waals surface area contributed by atoms with E-state index in [0.29, 0.717) is 5.69 Å². The van der Waals surface area contributed by atoms with Crippen LogP contribution in [0.25, 0.3) is 0 Å². The summed E-state index contributed by atoms with van der Waals surface area (Å²) in [6, 6.07) is 4.15. The molecule has 0 saturated heterocycles. The van der Waals surface area contributed by atoms with E-state index in [1.165, 1.54) is 6.07 Å². The number of nitrogens with zero attached hydrogens (tertiary/aromatic N) is 1. The molecule has 18 heavy (non-hydrogen) atoms. The van der Waals surface area contributed by atoms with Crippen LogP contribution in [-0.2, 0) is 6.18 Å². The quantitative estimate of drug-likeness (QED) is 0.875. The molecule has 2 atom stereocenters. The molecule has 0 aromatic carbocycles. The van der Waals surface area contributed by atoms with Gasteiger partial charge in [0.1, 0.15) is 5.69 Å². The van der Waals surface area contributed by atoms with Crippen LogP contribution in [0.1, 0.15) is 44.5 Å². The number of pyridine rings is 1. The smallest absolute Gasteiger partial charge is 0.314 e. The molecule has 1 aromatic heterocycles. The maximum absolute atomic E-state index is 12.6. The monoisotopic (exact) mass is 260 g/mol. The van der Waals surface area contributed by atoms with Gasteiger partial charge >= 0.3 is 6.18 Å². The van der Waals surface area contributed by atoms with Crippen LogP contribution in [0, 0.1) is 0 Å². The zero-order valence-corrected chi connectivity index (χ0v) is 10.9.